The van der Waals surface area contributed by atoms with Crippen LogP contribution in [0.2, 0.25) is 0 Å². The molecule has 0 amide bonds. The maximum atomic E-state index is 4.67. The van der Waals surface area contributed by atoms with Crippen LogP contribution in [0.3, 0.4) is 0 Å². The zero-order chi connectivity index (χ0) is 18.0. The Kier molecular flexibility index (Phi) is 3.04. The van der Waals surface area contributed by atoms with Crippen LogP contribution in [-0.4, -0.2) is 52.6 Å². The van der Waals surface area contributed by atoms with Gasteiger partial charge in [-0.15, -0.1) is 0 Å². The van der Waals surface area contributed by atoms with E-state index < -0.39 is 0 Å². The first-order valence-corrected chi connectivity index (χ1v) is 9.90. The Labute approximate surface area is 159 Å². The van der Waals surface area contributed by atoms with Crippen LogP contribution in [0.5, 0.6) is 0 Å². The predicted molar refractivity (Wildman–Crippen MR) is 103 cm³/mol. The minimum atomic E-state index is 0.751. The van der Waals surface area contributed by atoms with Crippen molar-refractivity contribution < 1.29 is 4.48 Å². The van der Waals surface area contributed by atoms with Gasteiger partial charge in [0.05, 0.1) is 36.7 Å². The molecular formula is C18H19N8S+. The number of hydrogen-bond donors (Lipinski definition) is 2. The topological polar surface area (TPSA) is 83.8 Å². The normalized spacial score (nSPS) is 23.2. The van der Waals surface area contributed by atoms with Gasteiger partial charge in [-0.25, -0.2) is 9.97 Å². The standard InChI is InChI=1S/C18H19N8S/c1-11-8-25-15(12-5-20-21-6-12)7-19-18(25)17(22-11)23-16-4-13(24-27-16)9-26-3-2-14(26)10-26/h4-8,14H,2-3,9-10H2,1H3,(H,20,21)(H,22,23)/q+1. The second-order valence-electron chi connectivity index (χ2n) is 7.59. The number of aromatic amines is 1. The number of rotatable bonds is 5. The van der Waals surface area contributed by atoms with E-state index in [0.717, 1.165) is 46.0 Å². The minimum absolute atomic E-state index is 0.751. The fraction of sp³-hybridized carbons (Fsp3) is 0.333. The van der Waals surface area contributed by atoms with Gasteiger partial charge in [0.15, 0.2) is 11.5 Å². The molecule has 0 saturated carbocycles. The molecule has 27 heavy (non-hydrogen) atoms. The molecule has 2 aliphatic heterocycles. The van der Waals surface area contributed by atoms with Gasteiger partial charge in [-0.1, -0.05) is 0 Å². The summed E-state index contributed by atoms with van der Waals surface area (Å²) >= 11 is 1.49. The van der Waals surface area contributed by atoms with Crippen LogP contribution in [0.4, 0.5) is 10.8 Å². The summed E-state index contributed by atoms with van der Waals surface area (Å²) in [5, 5.41) is 11.3. The molecule has 2 aliphatic rings. The van der Waals surface area contributed by atoms with E-state index in [4.69, 9.17) is 0 Å². The van der Waals surface area contributed by atoms with E-state index in [1.807, 2.05) is 25.5 Å². The van der Waals surface area contributed by atoms with Crippen molar-refractivity contribution >= 4 is 28.0 Å². The lowest BCUT2D eigenvalue weighted by molar-refractivity contribution is -0.861. The van der Waals surface area contributed by atoms with E-state index in [1.54, 1.807) is 6.20 Å². The molecule has 6 rings (SSSR count). The number of nitrogens with one attached hydrogen (secondary N) is 2. The van der Waals surface area contributed by atoms with E-state index in [1.165, 1.54) is 41.2 Å². The van der Waals surface area contributed by atoms with Crippen molar-refractivity contribution in [1.29, 1.82) is 0 Å². The molecule has 0 aliphatic carbocycles. The number of fused-ring (bicyclic) bond motifs is 2. The number of H-pyrrole nitrogens is 1. The van der Waals surface area contributed by atoms with Gasteiger partial charge < -0.3 is 9.80 Å². The summed E-state index contributed by atoms with van der Waals surface area (Å²) in [7, 11) is 0. The fourth-order valence-corrected chi connectivity index (χ4v) is 4.84. The monoisotopic (exact) mass is 379 g/mol. The lowest BCUT2D eigenvalue weighted by atomic mass is 10.2. The maximum Gasteiger partial charge on any atom is 0.180 e. The van der Waals surface area contributed by atoms with Crippen LogP contribution in [0.1, 0.15) is 17.8 Å². The van der Waals surface area contributed by atoms with E-state index in [2.05, 4.69) is 40.3 Å². The summed E-state index contributed by atoms with van der Waals surface area (Å²) in [6.45, 7) is 5.71. The largest absolute Gasteiger partial charge is 0.328 e. The molecule has 2 unspecified atom stereocenters. The number of anilines is 2. The number of imidazole rings is 1. The van der Waals surface area contributed by atoms with E-state index in [-0.39, 0.29) is 0 Å². The molecule has 2 N–H and O–H groups in total. The SMILES string of the molecule is Cc1cn2c(-c3cn[nH]c3)cnc2c(Nc2cc(C[N+]34CCC3C4)ns2)n1. The van der Waals surface area contributed by atoms with Gasteiger partial charge in [0.2, 0.25) is 0 Å². The molecule has 4 aromatic rings. The molecule has 0 radical (unpaired) electrons. The molecule has 8 nitrogen and oxygen atoms in total. The highest BCUT2D eigenvalue weighted by molar-refractivity contribution is 7.10. The van der Waals surface area contributed by atoms with Crippen LogP contribution in [0.15, 0.2) is 30.9 Å². The van der Waals surface area contributed by atoms with Crippen molar-refractivity contribution in [3.05, 3.63) is 42.2 Å². The highest BCUT2D eigenvalue weighted by atomic mass is 32.1. The third-order valence-corrected chi connectivity index (χ3v) is 6.55. The van der Waals surface area contributed by atoms with Crippen molar-refractivity contribution in [1.82, 2.24) is 28.9 Å². The van der Waals surface area contributed by atoms with Crippen molar-refractivity contribution in [2.24, 2.45) is 0 Å². The van der Waals surface area contributed by atoms with Crippen molar-refractivity contribution in [3.8, 4) is 11.3 Å². The molecule has 0 bridgehead atoms. The Morgan fingerprint density at radius 3 is 3.11 bits per heavy atom. The van der Waals surface area contributed by atoms with Crippen molar-refractivity contribution in [2.45, 2.75) is 25.9 Å². The zero-order valence-corrected chi connectivity index (χ0v) is 15.7. The molecule has 0 spiro atoms. The summed E-state index contributed by atoms with van der Waals surface area (Å²) in [4.78, 5) is 9.25. The molecule has 136 valence electrons. The third kappa shape index (κ3) is 2.38. The van der Waals surface area contributed by atoms with Gasteiger partial charge in [-0.3, -0.25) is 9.50 Å². The Morgan fingerprint density at radius 2 is 2.37 bits per heavy atom. The Hall–Kier alpha value is -2.78. The molecular weight excluding hydrogens is 360 g/mol. The van der Waals surface area contributed by atoms with Gasteiger partial charge in [0, 0.05) is 24.0 Å². The van der Waals surface area contributed by atoms with Gasteiger partial charge in [0.1, 0.15) is 29.8 Å². The van der Waals surface area contributed by atoms with Crippen LogP contribution in [0, 0.1) is 6.92 Å². The highest BCUT2D eigenvalue weighted by Gasteiger charge is 2.62. The van der Waals surface area contributed by atoms with Crippen LogP contribution >= 0.6 is 11.5 Å². The van der Waals surface area contributed by atoms with Crippen LogP contribution in [-0.2, 0) is 6.54 Å². The Bertz CT molecular complexity index is 1140. The molecule has 0 aromatic carbocycles. The number of quaternary nitrogens is 1. The Balaban J connectivity index is 1.32. The molecule has 9 heteroatoms. The van der Waals surface area contributed by atoms with Crippen LogP contribution < -0.4 is 5.32 Å². The molecule has 6 heterocycles. The second-order valence-corrected chi connectivity index (χ2v) is 8.39. The average Bonchev–Trinajstić information content (AvgIpc) is 3.21. The molecule has 2 fully saturated rings. The second kappa shape index (κ2) is 5.37. The van der Waals surface area contributed by atoms with Crippen molar-refractivity contribution in [3.63, 3.8) is 0 Å². The Morgan fingerprint density at radius 1 is 1.41 bits per heavy atom. The number of hydrogen-bond acceptors (Lipinski definition) is 6. The number of aryl methyl sites for hydroxylation is 1. The first-order valence-electron chi connectivity index (χ1n) is 9.12. The van der Waals surface area contributed by atoms with Gasteiger partial charge in [0.25, 0.3) is 0 Å². The fourth-order valence-electron chi connectivity index (χ4n) is 4.19. The van der Waals surface area contributed by atoms with Crippen LogP contribution in [0.25, 0.3) is 16.9 Å². The first-order chi connectivity index (χ1) is 13.2. The summed E-state index contributed by atoms with van der Waals surface area (Å²) in [6.07, 6.45) is 8.90. The lowest BCUT2D eigenvalue weighted by Crippen LogP contribution is -2.38. The van der Waals surface area contributed by atoms with E-state index in [9.17, 15) is 0 Å². The average molecular weight is 379 g/mol. The smallest absolute Gasteiger partial charge is 0.180 e. The predicted octanol–water partition coefficient (Wildman–Crippen LogP) is 2.73. The quantitative estimate of drug-likeness (QED) is 0.411. The summed E-state index contributed by atoms with van der Waals surface area (Å²) < 4.78 is 7.96. The minimum Gasteiger partial charge on any atom is -0.328 e. The van der Waals surface area contributed by atoms with E-state index >= 15 is 0 Å². The molecule has 4 aromatic heterocycles. The molecule has 2 saturated heterocycles. The number of nitrogens with zero attached hydrogens (tertiary/aromatic N) is 6. The zero-order valence-electron chi connectivity index (χ0n) is 14.9. The van der Waals surface area contributed by atoms with Gasteiger partial charge in [-0.2, -0.15) is 9.47 Å². The van der Waals surface area contributed by atoms with E-state index in [0.29, 0.717) is 0 Å². The lowest BCUT2D eigenvalue weighted by Gasteiger charge is -2.26. The summed E-state index contributed by atoms with van der Waals surface area (Å²) in [5.74, 6) is 0.751. The van der Waals surface area contributed by atoms with Crippen molar-refractivity contribution in [2.75, 3.05) is 18.4 Å². The van der Waals surface area contributed by atoms with Gasteiger partial charge in [-0.05, 0) is 18.5 Å². The highest BCUT2D eigenvalue weighted by Crippen LogP contribution is 2.45. The summed E-state index contributed by atoms with van der Waals surface area (Å²) in [5.41, 5.74) is 4.87. The summed E-state index contributed by atoms with van der Waals surface area (Å²) in [6, 6.07) is 3.07. The maximum absolute atomic E-state index is 4.67. The number of aromatic nitrogens is 6. The first kappa shape index (κ1) is 15.3. The molecule has 2 atom stereocenters. The third-order valence-electron chi connectivity index (χ3n) is 5.81. The van der Waals surface area contributed by atoms with Gasteiger partial charge >= 0.3 is 0 Å².